The standard InChI is InChI=1S/C18H29O3P/c1-13(2)18-10-5-14(3)11-15(18)12-20-16-6-8-17(9-7-16)21-22(4)19/h6-9,13-15,18,22H,5,10-12H2,1-4H3. The Morgan fingerprint density at radius 3 is 2.41 bits per heavy atom. The molecule has 1 aromatic rings. The second-order valence-electron chi connectivity index (χ2n) is 6.96. The second kappa shape index (κ2) is 8.06. The first-order valence-electron chi connectivity index (χ1n) is 8.37. The smallest absolute Gasteiger partial charge is 0.233 e. The lowest BCUT2D eigenvalue weighted by molar-refractivity contribution is 0.0934. The SMILES string of the molecule is CC1CCC(C(C)C)C(COc2ccc(O[PH](C)=O)cc2)C1. The second-order valence-corrected chi connectivity index (χ2v) is 8.15. The summed E-state index contributed by atoms with van der Waals surface area (Å²) < 4.78 is 22.3. The molecule has 124 valence electrons. The maximum Gasteiger partial charge on any atom is 0.233 e. The van der Waals surface area contributed by atoms with Crippen molar-refractivity contribution in [2.24, 2.45) is 23.7 Å². The summed E-state index contributed by atoms with van der Waals surface area (Å²) in [6.45, 7) is 9.38. The molecular weight excluding hydrogens is 295 g/mol. The fourth-order valence-electron chi connectivity index (χ4n) is 3.56. The number of benzene rings is 1. The van der Waals surface area contributed by atoms with Crippen molar-refractivity contribution >= 4 is 8.03 Å². The minimum Gasteiger partial charge on any atom is -0.493 e. The lowest BCUT2D eigenvalue weighted by Crippen LogP contribution is -2.31. The molecule has 4 atom stereocenters. The van der Waals surface area contributed by atoms with Crippen LogP contribution in [-0.2, 0) is 4.57 Å². The predicted octanol–water partition coefficient (Wildman–Crippen LogP) is 5.26. The molecule has 0 saturated heterocycles. The largest absolute Gasteiger partial charge is 0.493 e. The average molecular weight is 324 g/mol. The van der Waals surface area contributed by atoms with Crippen molar-refractivity contribution in [1.29, 1.82) is 0 Å². The van der Waals surface area contributed by atoms with Gasteiger partial charge < -0.3 is 9.26 Å². The van der Waals surface area contributed by atoms with Crippen LogP contribution in [0.4, 0.5) is 0 Å². The van der Waals surface area contributed by atoms with Crippen molar-refractivity contribution in [1.82, 2.24) is 0 Å². The van der Waals surface area contributed by atoms with Gasteiger partial charge >= 0.3 is 0 Å². The van der Waals surface area contributed by atoms with Gasteiger partial charge in [0.25, 0.3) is 0 Å². The van der Waals surface area contributed by atoms with Crippen LogP contribution in [-0.4, -0.2) is 13.3 Å². The highest BCUT2D eigenvalue weighted by atomic mass is 31.1. The Morgan fingerprint density at radius 2 is 1.82 bits per heavy atom. The van der Waals surface area contributed by atoms with Gasteiger partial charge in [0.05, 0.1) is 6.61 Å². The Morgan fingerprint density at radius 1 is 1.18 bits per heavy atom. The van der Waals surface area contributed by atoms with Crippen LogP contribution >= 0.6 is 8.03 Å². The van der Waals surface area contributed by atoms with Crippen LogP contribution in [0.25, 0.3) is 0 Å². The number of ether oxygens (including phenoxy) is 1. The summed E-state index contributed by atoms with van der Waals surface area (Å²) in [6, 6.07) is 7.45. The molecule has 1 saturated carbocycles. The monoisotopic (exact) mass is 324 g/mol. The molecule has 0 N–H and O–H groups in total. The normalized spacial score (nSPS) is 26.7. The maximum atomic E-state index is 11.1. The highest BCUT2D eigenvalue weighted by molar-refractivity contribution is 7.38. The first kappa shape index (κ1) is 17.4. The number of rotatable bonds is 6. The zero-order valence-electron chi connectivity index (χ0n) is 14.2. The highest BCUT2D eigenvalue weighted by Crippen LogP contribution is 2.38. The Labute approximate surface area is 135 Å². The van der Waals surface area contributed by atoms with E-state index in [-0.39, 0.29) is 0 Å². The molecule has 2 rings (SSSR count). The fourth-order valence-corrected chi connectivity index (χ4v) is 4.03. The third kappa shape index (κ3) is 5.05. The molecule has 0 aromatic heterocycles. The highest BCUT2D eigenvalue weighted by Gasteiger charge is 2.31. The van der Waals surface area contributed by atoms with E-state index < -0.39 is 8.03 Å². The molecule has 0 heterocycles. The molecule has 4 unspecified atom stereocenters. The summed E-state index contributed by atoms with van der Waals surface area (Å²) in [5.41, 5.74) is 0. The van der Waals surface area contributed by atoms with E-state index in [0.717, 1.165) is 30.1 Å². The summed E-state index contributed by atoms with van der Waals surface area (Å²) in [4.78, 5) is 0. The van der Waals surface area contributed by atoms with Gasteiger partial charge in [-0.05, 0) is 60.8 Å². The lowest BCUT2D eigenvalue weighted by atomic mass is 9.70. The summed E-state index contributed by atoms with van der Waals surface area (Å²) in [5, 5.41) is 0. The van der Waals surface area contributed by atoms with E-state index in [0.29, 0.717) is 11.7 Å². The van der Waals surface area contributed by atoms with Crippen molar-refractivity contribution in [3.05, 3.63) is 24.3 Å². The van der Waals surface area contributed by atoms with Crippen molar-refractivity contribution < 1.29 is 13.8 Å². The van der Waals surface area contributed by atoms with Gasteiger partial charge in [0.2, 0.25) is 8.03 Å². The van der Waals surface area contributed by atoms with Gasteiger partial charge in [-0.1, -0.05) is 27.2 Å². The van der Waals surface area contributed by atoms with Crippen molar-refractivity contribution in [2.75, 3.05) is 13.3 Å². The van der Waals surface area contributed by atoms with E-state index >= 15 is 0 Å². The number of hydrogen-bond acceptors (Lipinski definition) is 3. The molecule has 1 fully saturated rings. The molecule has 0 radical (unpaired) electrons. The van der Waals surface area contributed by atoms with Crippen LogP contribution < -0.4 is 9.26 Å². The molecule has 0 bridgehead atoms. The van der Waals surface area contributed by atoms with Crippen molar-refractivity contribution in [2.45, 2.75) is 40.0 Å². The van der Waals surface area contributed by atoms with Gasteiger partial charge in [-0.2, -0.15) is 0 Å². The van der Waals surface area contributed by atoms with E-state index in [1.807, 2.05) is 24.3 Å². The zero-order valence-corrected chi connectivity index (χ0v) is 15.2. The lowest BCUT2D eigenvalue weighted by Gasteiger charge is -2.37. The van der Waals surface area contributed by atoms with Crippen LogP contribution in [0.2, 0.25) is 0 Å². The molecule has 0 spiro atoms. The van der Waals surface area contributed by atoms with Crippen LogP contribution in [0.3, 0.4) is 0 Å². The zero-order chi connectivity index (χ0) is 16.1. The molecule has 0 amide bonds. The molecule has 22 heavy (non-hydrogen) atoms. The molecule has 4 heteroatoms. The van der Waals surface area contributed by atoms with E-state index in [9.17, 15) is 4.57 Å². The van der Waals surface area contributed by atoms with Gasteiger partial charge in [0.15, 0.2) is 0 Å². The van der Waals surface area contributed by atoms with Crippen LogP contribution in [0, 0.1) is 23.7 Å². The first-order valence-corrected chi connectivity index (χ1v) is 10.2. The summed E-state index contributed by atoms with van der Waals surface area (Å²) in [7, 11) is -1.94. The third-order valence-electron chi connectivity index (χ3n) is 4.71. The van der Waals surface area contributed by atoms with Crippen LogP contribution in [0.1, 0.15) is 40.0 Å². The Kier molecular flexibility index (Phi) is 6.37. The molecule has 1 aliphatic rings. The minimum atomic E-state index is -1.94. The average Bonchev–Trinajstić information content (AvgIpc) is 2.45. The molecule has 1 aromatic carbocycles. The Bertz CT molecular complexity index is 484. The Hall–Kier alpha value is -0.950. The van der Waals surface area contributed by atoms with Crippen molar-refractivity contribution in [3.8, 4) is 11.5 Å². The van der Waals surface area contributed by atoms with Gasteiger partial charge in [0.1, 0.15) is 11.5 Å². The molecule has 1 aliphatic carbocycles. The van der Waals surface area contributed by atoms with Gasteiger partial charge in [0, 0.05) is 6.66 Å². The molecule has 0 aliphatic heterocycles. The van der Waals surface area contributed by atoms with E-state index in [1.165, 1.54) is 19.3 Å². The summed E-state index contributed by atoms with van der Waals surface area (Å²) >= 11 is 0. The van der Waals surface area contributed by atoms with E-state index in [2.05, 4.69) is 20.8 Å². The van der Waals surface area contributed by atoms with Crippen molar-refractivity contribution in [3.63, 3.8) is 0 Å². The first-order chi connectivity index (χ1) is 10.5. The number of hydrogen-bond donors (Lipinski definition) is 0. The van der Waals surface area contributed by atoms with Crippen LogP contribution in [0.15, 0.2) is 24.3 Å². The van der Waals surface area contributed by atoms with Crippen LogP contribution in [0.5, 0.6) is 11.5 Å². The predicted molar refractivity (Wildman–Crippen MR) is 92.3 cm³/mol. The Balaban J connectivity index is 1.91. The van der Waals surface area contributed by atoms with E-state index in [4.69, 9.17) is 9.26 Å². The topological polar surface area (TPSA) is 35.5 Å². The molecular formula is C18H29O3P. The molecule has 3 nitrogen and oxygen atoms in total. The summed E-state index contributed by atoms with van der Waals surface area (Å²) in [6.07, 6.45) is 3.94. The fraction of sp³-hybridized carbons (Fsp3) is 0.667. The minimum absolute atomic E-state index is 0.644. The summed E-state index contributed by atoms with van der Waals surface area (Å²) in [5.74, 6) is 4.45. The van der Waals surface area contributed by atoms with Gasteiger partial charge in [-0.25, -0.2) is 0 Å². The third-order valence-corrected chi connectivity index (χ3v) is 5.23. The van der Waals surface area contributed by atoms with Gasteiger partial charge in [-0.15, -0.1) is 0 Å². The van der Waals surface area contributed by atoms with E-state index in [1.54, 1.807) is 6.66 Å². The maximum absolute atomic E-state index is 11.1. The quantitative estimate of drug-likeness (QED) is 0.670. The van der Waals surface area contributed by atoms with Gasteiger partial charge in [-0.3, -0.25) is 4.57 Å².